The van der Waals surface area contributed by atoms with Crippen LogP contribution in [0, 0.1) is 23.7 Å². The fourth-order valence-electron chi connectivity index (χ4n) is 1.81. The van der Waals surface area contributed by atoms with Crippen molar-refractivity contribution in [2.24, 2.45) is 0 Å². The minimum Gasteiger partial charge on any atom is -0.497 e. The molecule has 0 atom stereocenters. The molecule has 23 heavy (non-hydrogen) atoms. The molecule has 0 spiro atoms. The zero-order valence-corrected chi connectivity index (χ0v) is 13.7. The van der Waals surface area contributed by atoms with E-state index in [1.165, 1.54) is 0 Å². The van der Waals surface area contributed by atoms with Gasteiger partial charge in [-0.1, -0.05) is 41.9 Å². The molecule has 2 heteroatoms. The molecule has 0 aliphatic carbocycles. The molecule has 0 fully saturated rings. The summed E-state index contributed by atoms with van der Waals surface area (Å²) >= 11 is 0. The van der Waals surface area contributed by atoms with E-state index in [2.05, 4.69) is 23.7 Å². The first-order valence-corrected chi connectivity index (χ1v) is 7.44. The summed E-state index contributed by atoms with van der Waals surface area (Å²) in [7, 11) is 1.65. The van der Waals surface area contributed by atoms with E-state index in [4.69, 9.17) is 9.47 Å². The Kier molecular flexibility index (Phi) is 5.87. The second kappa shape index (κ2) is 8.08. The first-order valence-electron chi connectivity index (χ1n) is 7.44. The van der Waals surface area contributed by atoms with Crippen LogP contribution < -0.4 is 4.74 Å². The fourth-order valence-corrected chi connectivity index (χ4v) is 1.81. The molecule has 0 aliphatic rings. The maximum Gasteiger partial charge on any atom is 0.124 e. The van der Waals surface area contributed by atoms with Crippen LogP contribution in [0.3, 0.4) is 0 Å². The van der Waals surface area contributed by atoms with Crippen LogP contribution in [0.2, 0.25) is 0 Å². The van der Waals surface area contributed by atoms with Crippen LogP contribution >= 0.6 is 0 Å². The van der Waals surface area contributed by atoms with Gasteiger partial charge in [-0.05, 0) is 50.2 Å². The standard InChI is InChI=1S/C21H20O2/c1-21(2,16-15-18-8-5-4-6-9-18)23-17-7-10-19-11-13-20(22-3)14-12-19/h4-6,8-9,11-14H,17H2,1-3H3. The molecule has 0 heterocycles. The van der Waals surface area contributed by atoms with Crippen molar-refractivity contribution in [3.8, 4) is 29.4 Å². The zero-order chi connectivity index (χ0) is 16.5. The summed E-state index contributed by atoms with van der Waals surface area (Å²) in [4.78, 5) is 0. The van der Waals surface area contributed by atoms with Gasteiger partial charge in [0.25, 0.3) is 0 Å². The zero-order valence-electron chi connectivity index (χ0n) is 13.7. The normalized spacial score (nSPS) is 10.0. The van der Waals surface area contributed by atoms with Gasteiger partial charge in [0.1, 0.15) is 18.0 Å². The van der Waals surface area contributed by atoms with E-state index in [0.29, 0.717) is 6.61 Å². The van der Waals surface area contributed by atoms with Gasteiger partial charge in [-0.25, -0.2) is 0 Å². The van der Waals surface area contributed by atoms with E-state index in [0.717, 1.165) is 16.9 Å². The number of hydrogen-bond acceptors (Lipinski definition) is 2. The van der Waals surface area contributed by atoms with Crippen molar-refractivity contribution in [1.29, 1.82) is 0 Å². The molecule has 0 unspecified atom stereocenters. The van der Waals surface area contributed by atoms with Gasteiger partial charge in [0.05, 0.1) is 7.11 Å². The minimum atomic E-state index is -0.537. The van der Waals surface area contributed by atoms with Crippen molar-refractivity contribution in [3.63, 3.8) is 0 Å². The summed E-state index contributed by atoms with van der Waals surface area (Å²) in [5, 5.41) is 0. The molecule has 0 saturated carbocycles. The predicted molar refractivity (Wildman–Crippen MR) is 93.2 cm³/mol. The van der Waals surface area contributed by atoms with E-state index < -0.39 is 5.60 Å². The molecule has 0 radical (unpaired) electrons. The number of rotatable bonds is 3. The highest BCUT2D eigenvalue weighted by atomic mass is 16.5. The van der Waals surface area contributed by atoms with Crippen molar-refractivity contribution in [1.82, 2.24) is 0 Å². The van der Waals surface area contributed by atoms with Gasteiger partial charge < -0.3 is 9.47 Å². The lowest BCUT2D eigenvalue weighted by molar-refractivity contribution is 0.0504. The van der Waals surface area contributed by atoms with E-state index in [-0.39, 0.29) is 0 Å². The molecular weight excluding hydrogens is 284 g/mol. The fraction of sp³-hybridized carbons (Fsp3) is 0.238. The highest BCUT2D eigenvalue weighted by molar-refractivity contribution is 5.38. The Labute approximate surface area is 138 Å². The molecular formula is C21H20O2. The average Bonchev–Trinajstić information content (AvgIpc) is 2.58. The topological polar surface area (TPSA) is 18.5 Å². The first kappa shape index (κ1) is 16.7. The summed E-state index contributed by atoms with van der Waals surface area (Å²) in [6.45, 7) is 4.22. The van der Waals surface area contributed by atoms with Crippen molar-refractivity contribution in [2.75, 3.05) is 13.7 Å². The van der Waals surface area contributed by atoms with Crippen LogP contribution in [0.5, 0.6) is 5.75 Å². The maximum atomic E-state index is 5.75. The van der Waals surface area contributed by atoms with E-state index in [1.807, 2.05) is 68.4 Å². The van der Waals surface area contributed by atoms with Crippen molar-refractivity contribution in [3.05, 3.63) is 65.7 Å². The van der Waals surface area contributed by atoms with Crippen molar-refractivity contribution >= 4 is 0 Å². The Balaban J connectivity index is 1.90. The van der Waals surface area contributed by atoms with Gasteiger partial charge in [-0.3, -0.25) is 0 Å². The lowest BCUT2D eigenvalue weighted by Gasteiger charge is -2.16. The second-order valence-corrected chi connectivity index (χ2v) is 5.45. The number of ether oxygens (including phenoxy) is 2. The SMILES string of the molecule is COc1ccc(C#CCOC(C)(C)C#Cc2ccccc2)cc1. The van der Waals surface area contributed by atoms with Crippen LogP contribution in [0.15, 0.2) is 54.6 Å². The first-order chi connectivity index (χ1) is 11.1. The summed E-state index contributed by atoms with van der Waals surface area (Å²) in [5.41, 5.74) is 1.38. The highest BCUT2D eigenvalue weighted by Gasteiger charge is 2.13. The summed E-state index contributed by atoms with van der Waals surface area (Å²) in [5.74, 6) is 13.2. The van der Waals surface area contributed by atoms with Crippen LogP contribution in [-0.4, -0.2) is 19.3 Å². The van der Waals surface area contributed by atoms with Crippen LogP contribution in [-0.2, 0) is 4.74 Å². The number of benzene rings is 2. The maximum absolute atomic E-state index is 5.75. The van der Waals surface area contributed by atoms with Crippen LogP contribution in [0.1, 0.15) is 25.0 Å². The van der Waals surface area contributed by atoms with Crippen LogP contribution in [0.25, 0.3) is 0 Å². The second-order valence-electron chi connectivity index (χ2n) is 5.45. The molecule has 0 aliphatic heterocycles. The van der Waals surface area contributed by atoms with E-state index >= 15 is 0 Å². The molecule has 2 aromatic carbocycles. The molecule has 0 aromatic heterocycles. The molecule has 2 aromatic rings. The summed E-state index contributed by atoms with van der Waals surface area (Å²) < 4.78 is 10.9. The predicted octanol–water partition coefficient (Wildman–Crippen LogP) is 3.89. The average molecular weight is 304 g/mol. The lowest BCUT2D eigenvalue weighted by atomic mass is 10.1. The number of methoxy groups -OCH3 is 1. The van der Waals surface area contributed by atoms with Gasteiger partial charge in [-0.15, -0.1) is 0 Å². The smallest absolute Gasteiger partial charge is 0.124 e. The number of hydrogen-bond donors (Lipinski definition) is 0. The van der Waals surface area contributed by atoms with Gasteiger partial charge in [-0.2, -0.15) is 0 Å². The third-order valence-electron chi connectivity index (χ3n) is 3.11. The Hall–Kier alpha value is -2.68. The monoisotopic (exact) mass is 304 g/mol. The molecule has 0 bridgehead atoms. The molecule has 0 N–H and O–H groups in total. The van der Waals surface area contributed by atoms with Gasteiger partial charge in [0.15, 0.2) is 0 Å². The third kappa shape index (κ3) is 5.91. The molecule has 2 nitrogen and oxygen atoms in total. The molecule has 0 amide bonds. The minimum absolute atomic E-state index is 0.336. The molecule has 116 valence electrons. The van der Waals surface area contributed by atoms with E-state index in [1.54, 1.807) is 7.11 Å². The Morgan fingerprint density at radius 1 is 0.870 bits per heavy atom. The van der Waals surface area contributed by atoms with Crippen molar-refractivity contribution < 1.29 is 9.47 Å². The molecule has 2 rings (SSSR count). The Bertz CT molecular complexity index is 736. The molecule has 0 saturated heterocycles. The van der Waals surface area contributed by atoms with Gasteiger partial charge >= 0.3 is 0 Å². The van der Waals surface area contributed by atoms with Crippen LogP contribution in [0.4, 0.5) is 0 Å². The lowest BCUT2D eigenvalue weighted by Crippen LogP contribution is -2.22. The largest absolute Gasteiger partial charge is 0.497 e. The van der Waals surface area contributed by atoms with Gasteiger partial charge in [0.2, 0.25) is 0 Å². The van der Waals surface area contributed by atoms with E-state index in [9.17, 15) is 0 Å². The quantitative estimate of drug-likeness (QED) is 0.801. The summed E-state index contributed by atoms with van der Waals surface area (Å²) in [6, 6.07) is 17.5. The van der Waals surface area contributed by atoms with Gasteiger partial charge in [0, 0.05) is 11.1 Å². The van der Waals surface area contributed by atoms with Crippen molar-refractivity contribution in [2.45, 2.75) is 19.4 Å². The highest BCUT2D eigenvalue weighted by Crippen LogP contribution is 2.10. The third-order valence-corrected chi connectivity index (χ3v) is 3.11. The Morgan fingerprint density at radius 3 is 2.17 bits per heavy atom. The summed E-state index contributed by atoms with van der Waals surface area (Å²) in [6.07, 6.45) is 0. The Morgan fingerprint density at radius 2 is 1.52 bits per heavy atom.